The van der Waals surface area contributed by atoms with E-state index in [1.54, 1.807) is 19.0 Å². The van der Waals surface area contributed by atoms with Gasteiger partial charge in [0.25, 0.3) is 0 Å². The Morgan fingerprint density at radius 3 is 2.48 bits per heavy atom. The van der Waals surface area contributed by atoms with Gasteiger partial charge in [-0.25, -0.2) is 4.99 Å². The third-order valence-corrected chi connectivity index (χ3v) is 4.94. The molecule has 10 heteroatoms. The van der Waals surface area contributed by atoms with Gasteiger partial charge in [0.15, 0.2) is 5.96 Å². The summed E-state index contributed by atoms with van der Waals surface area (Å²) in [5.74, 6) is 0.623. The van der Waals surface area contributed by atoms with Crippen LogP contribution in [0.5, 0.6) is 0 Å². The zero-order valence-corrected chi connectivity index (χ0v) is 22.3. The zero-order chi connectivity index (χ0) is 22.9. The first-order valence-electron chi connectivity index (χ1n) is 11.4. The van der Waals surface area contributed by atoms with Crippen molar-refractivity contribution >= 4 is 35.8 Å². The fourth-order valence-corrected chi connectivity index (χ4v) is 2.98. The van der Waals surface area contributed by atoms with E-state index in [0.29, 0.717) is 38.9 Å². The molecule has 0 atom stereocenters. The predicted octanol–water partition coefficient (Wildman–Crippen LogP) is 1.18. The summed E-state index contributed by atoms with van der Waals surface area (Å²) in [5, 5.41) is 6.61. The van der Waals surface area contributed by atoms with Gasteiger partial charge in [0.2, 0.25) is 5.91 Å². The van der Waals surface area contributed by atoms with Crippen LogP contribution in [-0.2, 0) is 25.6 Å². The van der Waals surface area contributed by atoms with Crippen LogP contribution in [0.1, 0.15) is 12.0 Å². The summed E-state index contributed by atoms with van der Waals surface area (Å²) in [4.78, 5) is 20.2. The fraction of sp³-hybridized carbons (Fsp3) is 0.652. The van der Waals surface area contributed by atoms with E-state index in [0.717, 1.165) is 51.4 Å². The Labute approximate surface area is 215 Å². The highest BCUT2D eigenvalue weighted by atomic mass is 127. The SMILES string of the molecule is CN(C)C(=O)CN=C(NCCCOCCOCc1ccccc1)NCCN1CCOCC1.I. The average Bonchev–Trinajstić information content (AvgIpc) is 2.82. The molecule has 1 aromatic carbocycles. The summed E-state index contributed by atoms with van der Waals surface area (Å²) in [5.41, 5.74) is 1.16. The molecule has 1 heterocycles. The predicted molar refractivity (Wildman–Crippen MR) is 141 cm³/mol. The largest absolute Gasteiger partial charge is 0.379 e. The van der Waals surface area contributed by atoms with E-state index in [1.807, 2.05) is 30.3 Å². The van der Waals surface area contributed by atoms with Crippen LogP contribution in [0.15, 0.2) is 35.3 Å². The van der Waals surface area contributed by atoms with E-state index in [1.165, 1.54) is 0 Å². The van der Waals surface area contributed by atoms with Crippen molar-refractivity contribution in [1.29, 1.82) is 0 Å². The second-order valence-corrected chi connectivity index (χ2v) is 7.76. The number of rotatable bonds is 14. The highest BCUT2D eigenvalue weighted by Gasteiger charge is 2.10. The monoisotopic (exact) mass is 577 g/mol. The van der Waals surface area contributed by atoms with Crippen molar-refractivity contribution in [2.24, 2.45) is 4.99 Å². The lowest BCUT2D eigenvalue weighted by molar-refractivity contribution is -0.127. The number of nitrogens with one attached hydrogen (secondary N) is 2. The van der Waals surface area contributed by atoms with Crippen LogP contribution in [0.25, 0.3) is 0 Å². The van der Waals surface area contributed by atoms with E-state index >= 15 is 0 Å². The highest BCUT2D eigenvalue weighted by molar-refractivity contribution is 14.0. The van der Waals surface area contributed by atoms with Gasteiger partial charge in [-0.1, -0.05) is 30.3 Å². The van der Waals surface area contributed by atoms with Crippen molar-refractivity contribution in [3.63, 3.8) is 0 Å². The van der Waals surface area contributed by atoms with Crippen LogP contribution in [0.4, 0.5) is 0 Å². The van der Waals surface area contributed by atoms with Gasteiger partial charge >= 0.3 is 0 Å². The van der Waals surface area contributed by atoms with E-state index in [2.05, 4.69) is 20.5 Å². The molecule has 9 nitrogen and oxygen atoms in total. The molecule has 0 aromatic heterocycles. The molecule has 0 saturated carbocycles. The molecule has 2 N–H and O–H groups in total. The number of hydrogen-bond acceptors (Lipinski definition) is 6. The van der Waals surface area contributed by atoms with Gasteiger partial charge in [-0.05, 0) is 12.0 Å². The quantitative estimate of drug-likeness (QED) is 0.149. The summed E-state index contributed by atoms with van der Waals surface area (Å²) >= 11 is 0. The molecule has 1 amide bonds. The van der Waals surface area contributed by atoms with Crippen molar-refractivity contribution in [1.82, 2.24) is 20.4 Å². The van der Waals surface area contributed by atoms with Gasteiger partial charge in [0.1, 0.15) is 6.54 Å². The summed E-state index contributed by atoms with van der Waals surface area (Å²) in [6.45, 7) is 8.37. The normalized spacial score (nSPS) is 14.4. The van der Waals surface area contributed by atoms with E-state index in [-0.39, 0.29) is 36.4 Å². The number of benzene rings is 1. The van der Waals surface area contributed by atoms with Crippen molar-refractivity contribution in [2.75, 3.05) is 86.4 Å². The highest BCUT2D eigenvalue weighted by Crippen LogP contribution is 2.00. The third-order valence-electron chi connectivity index (χ3n) is 4.94. The summed E-state index contributed by atoms with van der Waals surface area (Å²) in [6.07, 6.45) is 0.838. The number of carbonyl (C=O) groups excluding carboxylic acids is 1. The number of nitrogens with zero attached hydrogens (tertiary/aromatic N) is 3. The molecule has 2 rings (SSSR count). The van der Waals surface area contributed by atoms with Crippen molar-refractivity contribution in [3.05, 3.63) is 35.9 Å². The van der Waals surface area contributed by atoms with E-state index in [4.69, 9.17) is 14.2 Å². The molecule has 0 unspecified atom stereocenters. The van der Waals surface area contributed by atoms with Crippen LogP contribution in [0, 0.1) is 0 Å². The smallest absolute Gasteiger partial charge is 0.243 e. The number of hydrogen-bond donors (Lipinski definition) is 2. The maximum atomic E-state index is 11.9. The molecule has 0 bridgehead atoms. The molecular weight excluding hydrogens is 537 g/mol. The van der Waals surface area contributed by atoms with Gasteiger partial charge in [-0.2, -0.15) is 0 Å². The number of aliphatic imine (C=N–C) groups is 1. The zero-order valence-electron chi connectivity index (χ0n) is 20.0. The molecule has 1 fully saturated rings. The third kappa shape index (κ3) is 14.4. The molecule has 1 aromatic rings. The maximum Gasteiger partial charge on any atom is 0.243 e. The van der Waals surface area contributed by atoms with Crippen LogP contribution >= 0.6 is 24.0 Å². The minimum Gasteiger partial charge on any atom is -0.379 e. The first-order chi connectivity index (χ1) is 15.6. The molecular formula is C23H40IN5O4. The Kier molecular flexibility index (Phi) is 16.9. The molecule has 1 aliphatic rings. The van der Waals surface area contributed by atoms with Gasteiger partial charge in [-0.15, -0.1) is 24.0 Å². The molecule has 0 radical (unpaired) electrons. The average molecular weight is 578 g/mol. The Bertz CT molecular complexity index is 658. The topological polar surface area (TPSA) is 87.7 Å². The lowest BCUT2D eigenvalue weighted by atomic mass is 10.2. The Hall–Kier alpha value is -1.47. The van der Waals surface area contributed by atoms with E-state index in [9.17, 15) is 4.79 Å². The number of amides is 1. The van der Waals surface area contributed by atoms with E-state index < -0.39 is 0 Å². The summed E-state index contributed by atoms with van der Waals surface area (Å²) in [6, 6.07) is 10.1. The molecule has 1 aliphatic heterocycles. The first kappa shape index (κ1) is 29.6. The van der Waals surface area contributed by atoms with Crippen LogP contribution in [0.3, 0.4) is 0 Å². The first-order valence-corrected chi connectivity index (χ1v) is 11.4. The number of carbonyl (C=O) groups is 1. The summed E-state index contributed by atoms with van der Waals surface area (Å²) in [7, 11) is 3.47. The summed E-state index contributed by atoms with van der Waals surface area (Å²) < 4.78 is 16.6. The van der Waals surface area contributed by atoms with Gasteiger partial charge in [0, 0.05) is 53.4 Å². The maximum absolute atomic E-state index is 11.9. The number of halogens is 1. The second kappa shape index (κ2) is 18.9. The molecule has 0 aliphatic carbocycles. The van der Waals surface area contributed by atoms with Crippen molar-refractivity contribution in [3.8, 4) is 0 Å². The molecule has 0 spiro atoms. The molecule has 188 valence electrons. The van der Waals surface area contributed by atoms with Gasteiger partial charge < -0.3 is 29.7 Å². The number of likely N-dealkylation sites (N-methyl/N-ethyl adjacent to an activating group) is 1. The lowest BCUT2D eigenvalue weighted by Crippen LogP contribution is -2.45. The van der Waals surface area contributed by atoms with Crippen LogP contribution < -0.4 is 10.6 Å². The number of morpholine rings is 1. The van der Waals surface area contributed by atoms with Gasteiger partial charge in [0.05, 0.1) is 33.0 Å². The fourth-order valence-electron chi connectivity index (χ4n) is 2.98. The Morgan fingerprint density at radius 1 is 1.06 bits per heavy atom. The van der Waals surface area contributed by atoms with Crippen LogP contribution in [-0.4, -0.2) is 108 Å². The number of guanidine groups is 1. The second-order valence-electron chi connectivity index (χ2n) is 7.76. The standard InChI is InChI=1S/C23H39N5O4.HI/c1-27(2)22(29)19-26-23(25-10-11-28-12-15-31-16-13-28)24-9-6-14-30-17-18-32-20-21-7-4-3-5-8-21;/h3-5,7-8H,6,9-20H2,1-2H3,(H2,24,25,26);1H. The Morgan fingerprint density at radius 2 is 1.76 bits per heavy atom. The van der Waals surface area contributed by atoms with Crippen LogP contribution in [0.2, 0.25) is 0 Å². The lowest BCUT2D eigenvalue weighted by Gasteiger charge is -2.26. The Balaban J connectivity index is 0.00000544. The minimum absolute atomic E-state index is 0. The molecule has 33 heavy (non-hydrogen) atoms. The van der Waals surface area contributed by atoms with Gasteiger partial charge in [-0.3, -0.25) is 9.69 Å². The number of ether oxygens (including phenoxy) is 3. The molecule has 1 saturated heterocycles. The van der Waals surface area contributed by atoms with Crippen molar-refractivity contribution in [2.45, 2.75) is 13.0 Å². The minimum atomic E-state index is -0.0295. The van der Waals surface area contributed by atoms with Crippen molar-refractivity contribution < 1.29 is 19.0 Å².